The molecule has 6 nitrogen and oxygen atoms in total. The van der Waals surface area contributed by atoms with Gasteiger partial charge in [0.25, 0.3) is 11.7 Å². The van der Waals surface area contributed by atoms with E-state index >= 15 is 0 Å². The predicted octanol–water partition coefficient (Wildman–Crippen LogP) is 5.65. The number of furan rings is 1. The number of carbonyl (C=O) groups is 2. The van der Waals surface area contributed by atoms with Gasteiger partial charge in [-0.2, -0.15) is 0 Å². The summed E-state index contributed by atoms with van der Waals surface area (Å²) in [6.45, 7) is 2.93. The fraction of sp³-hybridized carbons (Fsp3) is 0.286. The number of rotatable bonds is 10. The average molecular weight is 478 g/mol. The number of unbranched alkanes of at least 4 members (excludes halogenated alkanes) is 2. The van der Waals surface area contributed by atoms with Gasteiger partial charge in [0.05, 0.1) is 18.4 Å². The third kappa shape index (κ3) is 5.45. The zero-order chi connectivity index (χ0) is 24.8. The molecule has 1 aromatic heterocycles. The highest BCUT2D eigenvalue weighted by atomic mass is 19.1. The standard InChI is InChI=1S/C28H28FNO5/c1-2-3-4-17-34-22-13-9-20(10-14-22)26(31)24-25(23-6-5-18-35-23)30(28(33)27(24)32)16-15-19-7-11-21(29)12-8-19/h5-14,18,25,31H,2-4,15-17H2,1H3/b26-24-. The Morgan fingerprint density at radius 3 is 2.46 bits per heavy atom. The molecule has 1 amide bonds. The predicted molar refractivity (Wildman–Crippen MR) is 129 cm³/mol. The molecule has 1 N–H and O–H groups in total. The summed E-state index contributed by atoms with van der Waals surface area (Å²) in [6.07, 6.45) is 5.03. The first-order valence-electron chi connectivity index (χ1n) is 11.8. The first-order chi connectivity index (χ1) is 17.0. The molecule has 0 bridgehead atoms. The minimum atomic E-state index is -0.865. The number of hydrogen-bond acceptors (Lipinski definition) is 5. The van der Waals surface area contributed by atoms with E-state index in [2.05, 4.69) is 6.92 Å². The van der Waals surface area contributed by atoms with Crippen molar-refractivity contribution in [3.63, 3.8) is 0 Å². The van der Waals surface area contributed by atoms with Crippen molar-refractivity contribution < 1.29 is 28.2 Å². The van der Waals surface area contributed by atoms with Crippen LogP contribution in [0.25, 0.3) is 5.76 Å². The molecule has 4 rings (SSSR count). The summed E-state index contributed by atoms with van der Waals surface area (Å²) in [6, 6.07) is 15.2. The van der Waals surface area contributed by atoms with Crippen molar-refractivity contribution in [1.29, 1.82) is 0 Å². The Labute approximate surface area is 203 Å². The van der Waals surface area contributed by atoms with Gasteiger partial charge in [0.1, 0.15) is 29.1 Å². The van der Waals surface area contributed by atoms with Crippen molar-refractivity contribution in [2.24, 2.45) is 0 Å². The summed E-state index contributed by atoms with van der Waals surface area (Å²) in [7, 11) is 0. The number of aliphatic hydroxyl groups excluding tert-OH is 1. The molecule has 0 radical (unpaired) electrons. The lowest BCUT2D eigenvalue weighted by Crippen LogP contribution is -2.31. The fourth-order valence-corrected chi connectivity index (χ4v) is 4.16. The highest BCUT2D eigenvalue weighted by molar-refractivity contribution is 6.46. The van der Waals surface area contributed by atoms with Crippen LogP contribution in [0.1, 0.15) is 49.1 Å². The van der Waals surface area contributed by atoms with Gasteiger partial charge in [0.15, 0.2) is 0 Å². The molecule has 1 aliphatic heterocycles. The Bertz CT molecular complexity index is 1180. The lowest BCUT2D eigenvalue weighted by Gasteiger charge is -2.23. The van der Waals surface area contributed by atoms with Crippen molar-refractivity contribution >= 4 is 17.4 Å². The van der Waals surface area contributed by atoms with Gasteiger partial charge in [-0.25, -0.2) is 4.39 Å². The van der Waals surface area contributed by atoms with Gasteiger partial charge in [-0.3, -0.25) is 9.59 Å². The van der Waals surface area contributed by atoms with E-state index in [1.54, 1.807) is 48.5 Å². The van der Waals surface area contributed by atoms with Crippen LogP contribution in [0.3, 0.4) is 0 Å². The maximum atomic E-state index is 13.2. The fourth-order valence-electron chi connectivity index (χ4n) is 4.16. The third-order valence-electron chi connectivity index (χ3n) is 6.05. The Morgan fingerprint density at radius 2 is 1.80 bits per heavy atom. The molecule has 0 spiro atoms. The van der Waals surface area contributed by atoms with Crippen LogP contribution in [0, 0.1) is 5.82 Å². The Kier molecular flexibility index (Phi) is 7.65. The molecular weight excluding hydrogens is 449 g/mol. The molecule has 1 unspecified atom stereocenters. The maximum absolute atomic E-state index is 13.2. The summed E-state index contributed by atoms with van der Waals surface area (Å²) in [4.78, 5) is 27.4. The quantitative estimate of drug-likeness (QED) is 0.177. The minimum absolute atomic E-state index is 0.0272. The SMILES string of the molecule is CCCCCOc1ccc(/C(O)=C2/C(=O)C(=O)N(CCc3ccc(F)cc3)C2c2ccco2)cc1. The van der Waals surface area contributed by atoms with Crippen LogP contribution in [0.2, 0.25) is 0 Å². The van der Waals surface area contributed by atoms with Gasteiger partial charge < -0.3 is 19.2 Å². The summed E-state index contributed by atoms with van der Waals surface area (Å²) in [5, 5.41) is 11.1. The van der Waals surface area contributed by atoms with Crippen LogP contribution >= 0.6 is 0 Å². The number of ether oxygens (including phenoxy) is 1. The normalized spacial score (nSPS) is 17.2. The molecule has 7 heteroatoms. The number of nitrogens with zero attached hydrogens (tertiary/aromatic N) is 1. The highest BCUT2D eigenvalue weighted by Crippen LogP contribution is 2.39. The number of ketones is 1. The second-order valence-corrected chi connectivity index (χ2v) is 8.46. The summed E-state index contributed by atoms with van der Waals surface area (Å²) < 4.78 is 24.5. The van der Waals surface area contributed by atoms with Gasteiger partial charge in [0.2, 0.25) is 0 Å². The maximum Gasteiger partial charge on any atom is 0.295 e. The number of benzene rings is 2. The number of hydrogen-bond donors (Lipinski definition) is 1. The first-order valence-corrected chi connectivity index (χ1v) is 11.8. The number of aliphatic hydroxyl groups is 1. The lowest BCUT2D eigenvalue weighted by molar-refractivity contribution is -0.140. The lowest BCUT2D eigenvalue weighted by atomic mass is 9.99. The van der Waals surface area contributed by atoms with E-state index in [0.717, 1.165) is 24.8 Å². The van der Waals surface area contributed by atoms with E-state index in [-0.39, 0.29) is 23.7 Å². The van der Waals surface area contributed by atoms with Crippen molar-refractivity contribution in [3.8, 4) is 5.75 Å². The molecule has 2 aromatic carbocycles. The zero-order valence-electron chi connectivity index (χ0n) is 19.6. The molecule has 35 heavy (non-hydrogen) atoms. The molecular formula is C28H28FNO5. The smallest absolute Gasteiger partial charge is 0.295 e. The first kappa shape index (κ1) is 24.3. The number of Topliss-reactive ketones (excluding diaryl/α,β-unsaturated/α-hetero) is 1. The van der Waals surface area contributed by atoms with Gasteiger partial charge in [-0.15, -0.1) is 0 Å². The Hall–Kier alpha value is -3.87. The molecule has 182 valence electrons. The third-order valence-corrected chi connectivity index (χ3v) is 6.05. The molecule has 1 saturated heterocycles. The Morgan fingerprint density at radius 1 is 1.06 bits per heavy atom. The van der Waals surface area contributed by atoms with Crippen LogP contribution in [0.15, 0.2) is 76.9 Å². The number of halogens is 1. The average Bonchev–Trinajstić information content (AvgIpc) is 3.49. The van der Waals surface area contributed by atoms with E-state index in [1.165, 1.54) is 23.3 Å². The molecule has 0 saturated carbocycles. The van der Waals surface area contributed by atoms with E-state index in [0.29, 0.717) is 30.1 Å². The molecule has 1 fully saturated rings. The Balaban J connectivity index is 1.60. The minimum Gasteiger partial charge on any atom is -0.507 e. The topological polar surface area (TPSA) is 80.0 Å². The van der Waals surface area contributed by atoms with Gasteiger partial charge in [-0.1, -0.05) is 31.9 Å². The number of likely N-dealkylation sites (tertiary alicyclic amines) is 1. The highest BCUT2D eigenvalue weighted by Gasteiger charge is 2.47. The summed E-state index contributed by atoms with van der Waals surface area (Å²) in [5.74, 6) is -1.07. The molecule has 0 aliphatic carbocycles. The van der Waals surface area contributed by atoms with Crippen LogP contribution in [-0.4, -0.2) is 34.8 Å². The van der Waals surface area contributed by atoms with Crippen molar-refractivity contribution in [1.82, 2.24) is 4.90 Å². The molecule has 1 aliphatic rings. The van der Waals surface area contributed by atoms with E-state index in [4.69, 9.17) is 9.15 Å². The molecule has 1 atom stereocenters. The summed E-state index contributed by atoms with van der Waals surface area (Å²) in [5.41, 5.74) is 1.20. The van der Waals surface area contributed by atoms with Crippen LogP contribution in [0.4, 0.5) is 4.39 Å². The number of amides is 1. The molecule has 3 aromatic rings. The zero-order valence-corrected chi connectivity index (χ0v) is 19.6. The second-order valence-electron chi connectivity index (χ2n) is 8.46. The van der Waals surface area contributed by atoms with E-state index in [1.807, 2.05) is 0 Å². The number of carbonyl (C=O) groups excluding carboxylic acids is 2. The summed E-state index contributed by atoms with van der Waals surface area (Å²) >= 11 is 0. The van der Waals surface area contributed by atoms with E-state index < -0.39 is 17.7 Å². The van der Waals surface area contributed by atoms with Crippen molar-refractivity contribution in [2.75, 3.05) is 13.2 Å². The molecule has 2 heterocycles. The monoisotopic (exact) mass is 477 g/mol. The second kappa shape index (κ2) is 11.0. The van der Waals surface area contributed by atoms with Gasteiger partial charge >= 0.3 is 0 Å². The van der Waals surface area contributed by atoms with Gasteiger partial charge in [0, 0.05) is 12.1 Å². The largest absolute Gasteiger partial charge is 0.507 e. The van der Waals surface area contributed by atoms with Gasteiger partial charge in [-0.05, 0) is 66.9 Å². The van der Waals surface area contributed by atoms with Crippen LogP contribution in [0.5, 0.6) is 5.75 Å². The van der Waals surface area contributed by atoms with Crippen LogP contribution < -0.4 is 4.74 Å². The van der Waals surface area contributed by atoms with Crippen molar-refractivity contribution in [2.45, 2.75) is 38.6 Å². The van der Waals surface area contributed by atoms with E-state index in [9.17, 15) is 19.1 Å². The van der Waals surface area contributed by atoms with Crippen molar-refractivity contribution in [3.05, 3.63) is 95.2 Å². The van der Waals surface area contributed by atoms with Crippen LogP contribution in [-0.2, 0) is 16.0 Å².